The summed E-state index contributed by atoms with van der Waals surface area (Å²) in [4.78, 5) is 40.8. The third-order valence-corrected chi connectivity index (χ3v) is 9.65. The zero-order chi connectivity index (χ0) is 25.4. The molecule has 3 nitrogen and oxygen atoms in total. The van der Waals surface area contributed by atoms with E-state index in [4.69, 9.17) is 0 Å². The molecule has 0 spiro atoms. The van der Waals surface area contributed by atoms with Crippen LogP contribution in [0, 0.1) is 23.2 Å². The summed E-state index contributed by atoms with van der Waals surface area (Å²) < 4.78 is 0. The van der Waals surface area contributed by atoms with Crippen LogP contribution in [-0.4, -0.2) is 17.3 Å². The highest BCUT2D eigenvalue weighted by Crippen LogP contribution is 2.66. The smallest absolute Gasteiger partial charge is 0.190 e. The predicted molar refractivity (Wildman–Crippen MR) is 137 cm³/mol. The highest BCUT2D eigenvalue weighted by atomic mass is 16.2. The topological polar surface area (TPSA) is 51.2 Å². The zero-order valence-corrected chi connectivity index (χ0v) is 22.5. The van der Waals surface area contributed by atoms with Gasteiger partial charge in [-0.15, -0.1) is 0 Å². The van der Waals surface area contributed by atoms with Gasteiger partial charge in [0.15, 0.2) is 17.3 Å². The van der Waals surface area contributed by atoms with Crippen LogP contribution in [0.3, 0.4) is 0 Å². The van der Waals surface area contributed by atoms with Gasteiger partial charge in [0.05, 0.1) is 11.0 Å². The van der Waals surface area contributed by atoms with Crippen LogP contribution >= 0.6 is 0 Å². The number of benzene rings is 1. The molecule has 1 aromatic carbocycles. The van der Waals surface area contributed by atoms with Crippen molar-refractivity contribution in [1.29, 1.82) is 0 Å². The Morgan fingerprint density at radius 3 is 2.21 bits per heavy atom. The molecule has 4 rings (SSSR count). The van der Waals surface area contributed by atoms with E-state index in [0.29, 0.717) is 12.0 Å². The summed E-state index contributed by atoms with van der Waals surface area (Å²) in [5, 5.41) is 0. The van der Waals surface area contributed by atoms with Crippen LogP contribution in [0.25, 0.3) is 0 Å². The van der Waals surface area contributed by atoms with Gasteiger partial charge < -0.3 is 0 Å². The molecule has 0 aliphatic heterocycles. The summed E-state index contributed by atoms with van der Waals surface area (Å²) in [6, 6.07) is 2.33. The Bertz CT molecular complexity index is 1210. The van der Waals surface area contributed by atoms with E-state index < -0.39 is 5.41 Å². The Morgan fingerprint density at radius 1 is 1.00 bits per heavy atom. The van der Waals surface area contributed by atoms with Gasteiger partial charge in [0.25, 0.3) is 0 Å². The second-order valence-electron chi connectivity index (χ2n) is 11.9. The van der Waals surface area contributed by atoms with Crippen molar-refractivity contribution in [2.24, 2.45) is 16.2 Å². The quantitative estimate of drug-likeness (QED) is 0.461. The van der Waals surface area contributed by atoms with Crippen LogP contribution in [0.15, 0.2) is 28.4 Å². The monoisotopic (exact) mass is 460 g/mol. The number of ketones is 3. The number of carbonyl (C=O) groups excluding carboxylic acids is 3. The van der Waals surface area contributed by atoms with Crippen molar-refractivity contribution in [3.8, 4) is 0 Å². The van der Waals surface area contributed by atoms with Crippen LogP contribution in [-0.2, 0) is 28.9 Å². The van der Waals surface area contributed by atoms with Gasteiger partial charge in [-0.2, -0.15) is 0 Å². The maximum Gasteiger partial charge on any atom is 0.190 e. The number of fused-ring (bicyclic) bond motifs is 3. The number of Topliss-reactive ketones (excluding diaryl/α,β-unsaturated/α-hetero) is 3. The van der Waals surface area contributed by atoms with Gasteiger partial charge in [-0.25, -0.2) is 0 Å². The lowest BCUT2D eigenvalue weighted by atomic mass is 9.42. The first-order valence-corrected chi connectivity index (χ1v) is 12.9. The van der Waals surface area contributed by atoms with Crippen LogP contribution in [0.4, 0.5) is 0 Å². The molecule has 3 aliphatic rings. The Hall–Kier alpha value is -2.29. The number of allylic oxidation sites excluding steroid dienone is 4. The molecule has 0 N–H and O–H groups in total. The summed E-state index contributed by atoms with van der Waals surface area (Å²) in [6.45, 7) is 18.3. The largest absolute Gasteiger partial charge is 0.294 e. The summed E-state index contributed by atoms with van der Waals surface area (Å²) >= 11 is 0. The molecule has 3 heteroatoms. The Morgan fingerprint density at radius 2 is 1.65 bits per heavy atom. The van der Waals surface area contributed by atoms with Crippen LogP contribution in [0.2, 0.25) is 0 Å². The van der Waals surface area contributed by atoms with Gasteiger partial charge in [0, 0.05) is 16.6 Å². The number of rotatable bonds is 4. The fourth-order valence-electron chi connectivity index (χ4n) is 7.98. The van der Waals surface area contributed by atoms with Gasteiger partial charge in [-0.05, 0) is 94.4 Å². The molecular weight excluding hydrogens is 420 g/mol. The Labute approximate surface area is 205 Å². The lowest BCUT2D eigenvalue weighted by molar-refractivity contribution is -0.134. The second-order valence-corrected chi connectivity index (χ2v) is 11.9. The first-order chi connectivity index (χ1) is 15.8. The van der Waals surface area contributed by atoms with E-state index in [2.05, 4.69) is 40.7 Å². The lowest BCUT2D eigenvalue weighted by Gasteiger charge is -2.59. The second kappa shape index (κ2) is 7.86. The molecule has 0 fully saturated rings. The molecule has 3 aliphatic carbocycles. The van der Waals surface area contributed by atoms with Gasteiger partial charge in [0.2, 0.25) is 0 Å². The average molecular weight is 461 g/mol. The van der Waals surface area contributed by atoms with E-state index in [-0.39, 0.29) is 28.2 Å². The molecule has 34 heavy (non-hydrogen) atoms. The van der Waals surface area contributed by atoms with E-state index in [1.165, 1.54) is 23.6 Å². The summed E-state index contributed by atoms with van der Waals surface area (Å²) in [7, 11) is 0. The third-order valence-electron chi connectivity index (χ3n) is 9.65. The van der Waals surface area contributed by atoms with Gasteiger partial charge in [0.1, 0.15) is 0 Å². The SMILES string of the molecule is CCCc1cc(CC)c(C)c2c1CC1(C)CC3(C)CC(C)=C(C(C)=O)C(=O)C3(C)C(C)=C1C2=O. The number of hydrogen-bond acceptors (Lipinski definition) is 3. The molecule has 3 atom stereocenters. The van der Waals surface area contributed by atoms with Crippen molar-refractivity contribution in [2.75, 3.05) is 0 Å². The van der Waals surface area contributed by atoms with Crippen molar-refractivity contribution in [1.82, 2.24) is 0 Å². The normalized spacial score (nSPS) is 30.9. The molecule has 0 saturated heterocycles. The number of aryl methyl sites for hydroxylation is 2. The average Bonchev–Trinajstić information content (AvgIpc) is 2.72. The van der Waals surface area contributed by atoms with Crippen molar-refractivity contribution >= 4 is 17.3 Å². The molecule has 182 valence electrons. The Balaban J connectivity index is 2.03. The van der Waals surface area contributed by atoms with Crippen LogP contribution in [0.1, 0.15) is 107 Å². The zero-order valence-electron chi connectivity index (χ0n) is 22.5. The number of hydrogen-bond donors (Lipinski definition) is 0. The van der Waals surface area contributed by atoms with Crippen molar-refractivity contribution in [2.45, 2.75) is 101 Å². The van der Waals surface area contributed by atoms with Gasteiger partial charge in [-0.3, -0.25) is 14.4 Å². The Kier molecular flexibility index (Phi) is 5.74. The minimum atomic E-state index is -0.849. The number of carbonyl (C=O) groups is 3. The fraction of sp³-hybridized carbons (Fsp3) is 0.581. The summed E-state index contributed by atoms with van der Waals surface area (Å²) in [5.74, 6) is -0.148. The van der Waals surface area contributed by atoms with Crippen molar-refractivity contribution in [3.05, 3.63) is 56.2 Å². The first-order valence-electron chi connectivity index (χ1n) is 12.9. The standard InChI is InChI=1S/C31H40O3/c1-10-12-22-13-21(11-2)18(4)25-23(22)15-29(7)16-30(8)14-17(3)24(20(6)32)28(34)31(30,9)19(5)26(29)27(25)33/h13H,10-12,14-16H2,1-9H3. The highest BCUT2D eigenvalue weighted by molar-refractivity contribution is 6.24. The maximum atomic E-state index is 14.4. The van der Waals surface area contributed by atoms with Crippen molar-refractivity contribution in [3.63, 3.8) is 0 Å². The van der Waals surface area contributed by atoms with E-state index >= 15 is 0 Å². The molecule has 0 heterocycles. The molecule has 0 aromatic heterocycles. The van der Waals surface area contributed by atoms with Crippen LogP contribution in [0.5, 0.6) is 0 Å². The molecule has 0 saturated carbocycles. The van der Waals surface area contributed by atoms with E-state index in [0.717, 1.165) is 60.0 Å². The van der Waals surface area contributed by atoms with E-state index in [1.54, 1.807) is 0 Å². The maximum absolute atomic E-state index is 14.4. The predicted octanol–water partition coefficient (Wildman–Crippen LogP) is 6.87. The molecule has 1 aromatic rings. The van der Waals surface area contributed by atoms with Crippen molar-refractivity contribution < 1.29 is 14.4 Å². The molecule has 0 radical (unpaired) electrons. The van der Waals surface area contributed by atoms with Gasteiger partial charge >= 0.3 is 0 Å². The van der Waals surface area contributed by atoms with Gasteiger partial charge in [-0.1, -0.05) is 51.3 Å². The van der Waals surface area contributed by atoms with E-state index in [1.807, 2.05) is 20.8 Å². The molecular formula is C31H40O3. The van der Waals surface area contributed by atoms with E-state index in [9.17, 15) is 14.4 Å². The molecule has 3 unspecified atom stereocenters. The first kappa shape index (κ1) is 24.8. The molecule has 0 bridgehead atoms. The minimum absolute atomic E-state index is 0.0948. The lowest BCUT2D eigenvalue weighted by Crippen LogP contribution is -2.57. The minimum Gasteiger partial charge on any atom is -0.294 e. The third kappa shape index (κ3) is 3.04. The van der Waals surface area contributed by atoms with Crippen LogP contribution < -0.4 is 0 Å². The summed E-state index contributed by atoms with van der Waals surface area (Å²) in [6.07, 6.45) is 5.24. The highest BCUT2D eigenvalue weighted by Gasteiger charge is 2.63. The fourth-order valence-corrected chi connectivity index (χ4v) is 7.98. The summed E-state index contributed by atoms with van der Waals surface area (Å²) in [5.41, 5.74) is 7.22. The molecule has 0 amide bonds.